The molecule has 4 rings (SSSR count). The van der Waals surface area contributed by atoms with Crippen molar-refractivity contribution in [3.8, 4) is 5.69 Å². The average Bonchev–Trinajstić information content (AvgIpc) is 3.26. The Morgan fingerprint density at radius 3 is 2.43 bits per heavy atom. The normalized spacial score (nSPS) is 11.9. The highest BCUT2D eigenvalue weighted by Gasteiger charge is 2.22. The van der Waals surface area contributed by atoms with E-state index in [4.69, 9.17) is 11.6 Å². The summed E-state index contributed by atoms with van der Waals surface area (Å²) >= 11 is 7.51. The van der Waals surface area contributed by atoms with Gasteiger partial charge in [0.1, 0.15) is 0 Å². The minimum Gasteiger partial charge on any atom is -0.348 e. The number of carbonyl (C=O) groups is 1. The Balaban J connectivity index is 1.54. The molecule has 1 unspecified atom stereocenters. The minimum absolute atomic E-state index is 0.0216. The Kier molecular flexibility index (Phi) is 8.15. The summed E-state index contributed by atoms with van der Waals surface area (Å²) in [4.78, 5) is 22.2. The standard InChI is InChI=1S/C26H27ClN6OS/c1-17(9-10-20-7-5-4-6-8-20)28-25(34)24-23(16-35-26-29-18(2)15-19(3)30-26)33(32-31-24)22-13-11-21(27)12-14-22/h4-8,11-15,17H,9-10,16H2,1-3H3,(H,28,34). The molecule has 1 atom stereocenters. The molecule has 0 spiro atoms. The van der Waals surface area contributed by atoms with Gasteiger partial charge in [-0.2, -0.15) is 0 Å². The fraction of sp³-hybridized carbons (Fsp3) is 0.269. The summed E-state index contributed by atoms with van der Waals surface area (Å²) in [7, 11) is 0. The molecule has 0 fully saturated rings. The Morgan fingerprint density at radius 1 is 1.06 bits per heavy atom. The van der Waals surface area contributed by atoms with Gasteiger partial charge < -0.3 is 5.32 Å². The maximum Gasteiger partial charge on any atom is 0.274 e. The van der Waals surface area contributed by atoms with E-state index in [1.54, 1.807) is 16.8 Å². The van der Waals surface area contributed by atoms with E-state index in [0.29, 0.717) is 27.3 Å². The number of rotatable bonds is 9. The number of amides is 1. The summed E-state index contributed by atoms with van der Waals surface area (Å²) in [6, 6.07) is 19.4. The van der Waals surface area contributed by atoms with Crippen molar-refractivity contribution in [2.75, 3.05) is 0 Å². The van der Waals surface area contributed by atoms with Crippen molar-refractivity contribution in [3.63, 3.8) is 0 Å². The molecule has 2 aromatic carbocycles. The van der Waals surface area contributed by atoms with E-state index in [1.165, 1.54) is 17.3 Å². The van der Waals surface area contributed by atoms with E-state index < -0.39 is 0 Å². The van der Waals surface area contributed by atoms with Crippen LogP contribution in [0.2, 0.25) is 5.02 Å². The zero-order valence-electron chi connectivity index (χ0n) is 19.9. The first kappa shape index (κ1) is 24.9. The largest absolute Gasteiger partial charge is 0.348 e. The lowest BCUT2D eigenvalue weighted by Crippen LogP contribution is -2.33. The number of aromatic nitrogens is 5. The van der Waals surface area contributed by atoms with E-state index >= 15 is 0 Å². The molecule has 0 saturated heterocycles. The summed E-state index contributed by atoms with van der Waals surface area (Å²) in [5, 5.41) is 12.9. The summed E-state index contributed by atoms with van der Waals surface area (Å²) in [5.41, 5.74) is 4.78. The Labute approximate surface area is 214 Å². The number of benzene rings is 2. The van der Waals surface area contributed by atoms with Crippen LogP contribution in [-0.2, 0) is 12.2 Å². The zero-order chi connectivity index (χ0) is 24.8. The lowest BCUT2D eigenvalue weighted by atomic mass is 10.1. The molecule has 4 aromatic rings. The first-order chi connectivity index (χ1) is 16.9. The van der Waals surface area contributed by atoms with Gasteiger partial charge >= 0.3 is 0 Å². The minimum atomic E-state index is -0.247. The second kappa shape index (κ2) is 11.5. The highest BCUT2D eigenvalue weighted by molar-refractivity contribution is 7.98. The second-order valence-corrected chi connectivity index (χ2v) is 9.77. The molecule has 2 heterocycles. The molecule has 2 aromatic heterocycles. The maximum atomic E-state index is 13.2. The summed E-state index contributed by atoms with van der Waals surface area (Å²) in [6.45, 7) is 5.88. The van der Waals surface area contributed by atoms with Crippen molar-refractivity contribution in [1.82, 2.24) is 30.3 Å². The van der Waals surface area contributed by atoms with Gasteiger partial charge in [0.25, 0.3) is 5.91 Å². The van der Waals surface area contributed by atoms with Gasteiger partial charge in [0, 0.05) is 28.2 Å². The molecule has 1 N–H and O–H groups in total. The van der Waals surface area contributed by atoms with Crippen molar-refractivity contribution in [3.05, 3.63) is 94.0 Å². The van der Waals surface area contributed by atoms with Crippen molar-refractivity contribution >= 4 is 29.3 Å². The predicted molar refractivity (Wildman–Crippen MR) is 139 cm³/mol. The maximum absolute atomic E-state index is 13.2. The van der Waals surface area contributed by atoms with Gasteiger partial charge in [-0.1, -0.05) is 58.9 Å². The first-order valence-corrected chi connectivity index (χ1v) is 12.8. The average molecular weight is 507 g/mol. The van der Waals surface area contributed by atoms with Gasteiger partial charge in [0.2, 0.25) is 0 Å². The van der Waals surface area contributed by atoms with Crippen LogP contribution < -0.4 is 5.32 Å². The molecule has 9 heteroatoms. The zero-order valence-corrected chi connectivity index (χ0v) is 21.5. The molecule has 35 heavy (non-hydrogen) atoms. The highest BCUT2D eigenvalue weighted by Crippen LogP contribution is 2.24. The highest BCUT2D eigenvalue weighted by atomic mass is 35.5. The topological polar surface area (TPSA) is 85.6 Å². The molecule has 0 saturated carbocycles. The quantitative estimate of drug-likeness (QED) is 0.242. The summed E-state index contributed by atoms with van der Waals surface area (Å²) in [6.07, 6.45) is 1.70. The number of halogens is 1. The molecule has 0 bridgehead atoms. The lowest BCUT2D eigenvalue weighted by molar-refractivity contribution is 0.0932. The van der Waals surface area contributed by atoms with Crippen LogP contribution in [0.5, 0.6) is 0 Å². The monoisotopic (exact) mass is 506 g/mol. The van der Waals surface area contributed by atoms with E-state index in [-0.39, 0.29) is 11.9 Å². The van der Waals surface area contributed by atoms with Crippen molar-refractivity contribution in [2.24, 2.45) is 0 Å². The van der Waals surface area contributed by atoms with Crippen LogP contribution >= 0.6 is 23.4 Å². The van der Waals surface area contributed by atoms with Crippen LogP contribution in [0.15, 0.2) is 65.8 Å². The third kappa shape index (κ3) is 6.68. The van der Waals surface area contributed by atoms with E-state index in [2.05, 4.69) is 37.7 Å². The number of aryl methyl sites for hydroxylation is 3. The molecule has 1 amide bonds. The fourth-order valence-electron chi connectivity index (χ4n) is 3.68. The van der Waals surface area contributed by atoms with Crippen LogP contribution in [0, 0.1) is 13.8 Å². The van der Waals surface area contributed by atoms with E-state index in [0.717, 1.165) is 29.9 Å². The van der Waals surface area contributed by atoms with E-state index in [9.17, 15) is 4.79 Å². The smallest absolute Gasteiger partial charge is 0.274 e. The third-order valence-corrected chi connectivity index (χ3v) is 6.55. The van der Waals surface area contributed by atoms with Gasteiger partial charge in [-0.3, -0.25) is 4.79 Å². The van der Waals surface area contributed by atoms with Crippen molar-refractivity contribution in [1.29, 1.82) is 0 Å². The number of hydrogen-bond acceptors (Lipinski definition) is 6. The lowest BCUT2D eigenvalue weighted by Gasteiger charge is -2.14. The predicted octanol–water partition coefficient (Wildman–Crippen LogP) is 5.37. The third-order valence-electron chi connectivity index (χ3n) is 5.44. The van der Waals surface area contributed by atoms with E-state index in [1.807, 2.05) is 57.2 Å². The summed E-state index contributed by atoms with van der Waals surface area (Å²) < 4.78 is 1.68. The molecule has 0 aliphatic heterocycles. The molecule has 7 nitrogen and oxygen atoms in total. The molecule has 180 valence electrons. The van der Waals surface area contributed by atoms with Gasteiger partial charge in [-0.05, 0) is 69.5 Å². The van der Waals surface area contributed by atoms with Crippen LogP contribution in [0.3, 0.4) is 0 Å². The molecule has 0 aliphatic rings. The molecular weight excluding hydrogens is 480 g/mol. The van der Waals surface area contributed by atoms with Crippen molar-refractivity contribution < 1.29 is 4.79 Å². The molecular formula is C26H27ClN6OS. The van der Waals surface area contributed by atoms with Crippen LogP contribution in [-0.4, -0.2) is 36.9 Å². The number of carbonyl (C=O) groups excluding carboxylic acids is 1. The number of nitrogens with one attached hydrogen (secondary N) is 1. The summed E-state index contributed by atoms with van der Waals surface area (Å²) in [5.74, 6) is 0.183. The molecule has 0 aliphatic carbocycles. The van der Waals surface area contributed by atoms with Crippen molar-refractivity contribution in [2.45, 2.75) is 50.6 Å². The van der Waals surface area contributed by atoms with Gasteiger partial charge in [-0.25, -0.2) is 14.6 Å². The second-order valence-electron chi connectivity index (χ2n) is 8.39. The van der Waals surface area contributed by atoms with Crippen LogP contribution in [0.25, 0.3) is 5.69 Å². The SMILES string of the molecule is Cc1cc(C)nc(SCc2c(C(=O)NC(C)CCc3ccccc3)nnn2-c2ccc(Cl)cc2)n1. The van der Waals surface area contributed by atoms with Crippen LogP contribution in [0.1, 0.15) is 46.5 Å². The van der Waals surface area contributed by atoms with Gasteiger partial charge in [0.05, 0.1) is 11.4 Å². The van der Waals surface area contributed by atoms with Crippen LogP contribution in [0.4, 0.5) is 0 Å². The number of nitrogens with zero attached hydrogens (tertiary/aromatic N) is 5. The Morgan fingerprint density at radius 2 is 1.74 bits per heavy atom. The molecule has 0 radical (unpaired) electrons. The van der Waals surface area contributed by atoms with Gasteiger partial charge in [-0.15, -0.1) is 5.10 Å². The Bertz CT molecular complexity index is 1270. The fourth-order valence-corrected chi connectivity index (χ4v) is 4.75. The number of thioether (sulfide) groups is 1. The first-order valence-electron chi connectivity index (χ1n) is 11.4. The number of hydrogen-bond donors (Lipinski definition) is 1. The van der Waals surface area contributed by atoms with Gasteiger partial charge in [0.15, 0.2) is 10.9 Å². The Hall–Kier alpha value is -3.23.